The molecule has 142 valence electrons. The quantitative estimate of drug-likeness (QED) is 0.728. The van der Waals surface area contributed by atoms with E-state index in [9.17, 15) is 9.18 Å². The topological polar surface area (TPSA) is 98.1 Å². The van der Waals surface area contributed by atoms with Gasteiger partial charge >= 0.3 is 6.09 Å². The smallest absolute Gasteiger partial charge is 0.415 e. The molecule has 2 aliphatic heterocycles. The van der Waals surface area contributed by atoms with E-state index in [0.29, 0.717) is 35.6 Å². The first-order valence-corrected chi connectivity index (χ1v) is 8.82. The Labute approximate surface area is 159 Å². The van der Waals surface area contributed by atoms with E-state index >= 15 is 0 Å². The standard InChI is InChI=1S/C18H16FN7O2/c1-20-8-16-15-5-11-4-12(13(19)6-14(11)26(15)18(27)28-16)10-2-3-17(21-7-10)25-9-22-23-24-25/h2-4,6-7,9,15-16,20H,5,8H2,1H3/t15-,16?/m0/s1. The molecule has 1 N–H and O–H groups in total. The third kappa shape index (κ3) is 2.53. The van der Waals surface area contributed by atoms with Gasteiger partial charge in [0.05, 0.1) is 11.7 Å². The van der Waals surface area contributed by atoms with Crippen molar-refractivity contribution in [1.82, 2.24) is 30.5 Å². The molecule has 0 spiro atoms. The van der Waals surface area contributed by atoms with E-state index in [-0.39, 0.29) is 12.1 Å². The van der Waals surface area contributed by atoms with Gasteiger partial charge in [0.25, 0.3) is 0 Å². The van der Waals surface area contributed by atoms with Gasteiger partial charge in [0.2, 0.25) is 0 Å². The minimum Gasteiger partial charge on any atom is -0.442 e. The highest BCUT2D eigenvalue weighted by molar-refractivity contribution is 5.94. The molecule has 0 saturated carbocycles. The van der Waals surface area contributed by atoms with Crippen LogP contribution in [0.25, 0.3) is 16.9 Å². The van der Waals surface area contributed by atoms with Crippen LogP contribution in [0.15, 0.2) is 36.8 Å². The van der Waals surface area contributed by atoms with Gasteiger partial charge in [-0.15, -0.1) is 5.10 Å². The molecule has 0 aliphatic carbocycles. The van der Waals surface area contributed by atoms with Crippen LogP contribution >= 0.6 is 0 Å². The molecule has 9 nitrogen and oxygen atoms in total. The molecule has 5 rings (SSSR count). The Balaban J connectivity index is 1.49. The number of benzene rings is 1. The van der Waals surface area contributed by atoms with Crippen molar-refractivity contribution >= 4 is 11.8 Å². The highest BCUT2D eigenvalue weighted by Crippen LogP contribution is 2.41. The van der Waals surface area contributed by atoms with E-state index in [4.69, 9.17) is 4.74 Å². The van der Waals surface area contributed by atoms with Crippen molar-refractivity contribution in [1.29, 1.82) is 0 Å². The van der Waals surface area contributed by atoms with E-state index in [1.54, 1.807) is 29.3 Å². The number of amides is 1. The number of pyridine rings is 1. The number of nitrogens with zero attached hydrogens (tertiary/aromatic N) is 6. The van der Waals surface area contributed by atoms with Crippen LogP contribution in [0.2, 0.25) is 0 Å². The molecule has 28 heavy (non-hydrogen) atoms. The van der Waals surface area contributed by atoms with Crippen LogP contribution in [0.3, 0.4) is 0 Å². The second kappa shape index (κ2) is 6.34. The fourth-order valence-corrected chi connectivity index (χ4v) is 3.83. The van der Waals surface area contributed by atoms with Gasteiger partial charge in [-0.05, 0) is 53.7 Å². The number of carbonyl (C=O) groups excluding carboxylic acids is 1. The van der Waals surface area contributed by atoms with Crippen molar-refractivity contribution in [3.05, 3.63) is 48.2 Å². The number of carbonyl (C=O) groups is 1. The molecule has 1 aromatic carbocycles. The van der Waals surface area contributed by atoms with E-state index < -0.39 is 11.9 Å². The molecule has 2 aromatic heterocycles. The average Bonchev–Trinajstić information content (AvgIpc) is 3.40. The summed E-state index contributed by atoms with van der Waals surface area (Å²) in [6.45, 7) is 0.554. The van der Waals surface area contributed by atoms with Gasteiger partial charge in [0, 0.05) is 23.9 Å². The summed E-state index contributed by atoms with van der Waals surface area (Å²) in [7, 11) is 1.81. The Bertz CT molecular complexity index is 1040. The Morgan fingerprint density at radius 1 is 1.36 bits per heavy atom. The lowest BCUT2D eigenvalue weighted by molar-refractivity contribution is 0.131. The van der Waals surface area contributed by atoms with Gasteiger partial charge in [-0.25, -0.2) is 14.2 Å². The molecule has 3 aromatic rings. The van der Waals surface area contributed by atoms with Gasteiger partial charge in [-0.3, -0.25) is 4.90 Å². The molecular formula is C18H16FN7O2. The van der Waals surface area contributed by atoms with E-state index in [2.05, 4.69) is 25.8 Å². The molecule has 1 amide bonds. The number of cyclic esters (lactones) is 1. The van der Waals surface area contributed by atoms with Crippen molar-refractivity contribution in [2.45, 2.75) is 18.6 Å². The van der Waals surface area contributed by atoms with Gasteiger partial charge in [-0.1, -0.05) is 0 Å². The number of fused-ring (bicyclic) bond motifs is 3. The van der Waals surface area contributed by atoms with Crippen LogP contribution in [0.1, 0.15) is 5.56 Å². The fraction of sp³-hybridized carbons (Fsp3) is 0.278. The number of hydrogen-bond donors (Lipinski definition) is 1. The molecule has 4 heterocycles. The third-order valence-corrected chi connectivity index (χ3v) is 5.11. The number of hydrogen-bond acceptors (Lipinski definition) is 7. The lowest BCUT2D eigenvalue weighted by Gasteiger charge is -2.16. The fourth-order valence-electron chi connectivity index (χ4n) is 3.83. The summed E-state index contributed by atoms with van der Waals surface area (Å²) < 4.78 is 21.7. The minimum atomic E-state index is -0.427. The first-order chi connectivity index (χ1) is 13.7. The van der Waals surface area contributed by atoms with E-state index in [0.717, 1.165) is 5.56 Å². The lowest BCUT2D eigenvalue weighted by Crippen LogP contribution is -2.38. The summed E-state index contributed by atoms with van der Waals surface area (Å²) in [4.78, 5) is 18.1. The maximum Gasteiger partial charge on any atom is 0.415 e. The van der Waals surface area contributed by atoms with Gasteiger partial charge in [-0.2, -0.15) is 4.68 Å². The first-order valence-electron chi connectivity index (χ1n) is 8.82. The second-order valence-corrected chi connectivity index (χ2v) is 6.74. The molecule has 2 atom stereocenters. The predicted octanol–water partition coefficient (Wildman–Crippen LogP) is 1.33. The van der Waals surface area contributed by atoms with Crippen molar-refractivity contribution in [2.24, 2.45) is 0 Å². The minimum absolute atomic E-state index is 0.120. The molecule has 1 unspecified atom stereocenters. The molecule has 0 bridgehead atoms. The van der Waals surface area contributed by atoms with Crippen LogP contribution in [0.4, 0.5) is 14.9 Å². The molecule has 1 saturated heterocycles. The number of aromatic nitrogens is 5. The first kappa shape index (κ1) is 16.8. The Morgan fingerprint density at radius 3 is 2.96 bits per heavy atom. The number of likely N-dealkylation sites (N-methyl/N-ethyl adjacent to an activating group) is 1. The largest absolute Gasteiger partial charge is 0.442 e. The number of rotatable bonds is 4. The van der Waals surface area contributed by atoms with Crippen LogP contribution in [0, 0.1) is 5.82 Å². The number of anilines is 1. The van der Waals surface area contributed by atoms with E-state index in [1.165, 1.54) is 17.1 Å². The van der Waals surface area contributed by atoms with E-state index in [1.807, 2.05) is 7.05 Å². The maximum absolute atomic E-state index is 14.9. The molecule has 1 fully saturated rings. The van der Waals surface area contributed by atoms with Crippen LogP contribution in [-0.4, -0.2) is 57.0 Å². The summed E-state index contributed by atoms with van der Waals surface area (Å²) in [5.41, 5.74) is 2.57. The van der Waals surface area contributed by atoms with Gasteiger partial charge in [0.15, 0.2) is 5.82 Å². The van der Waals surface area contributed by atoms with Crippen LogP contribution < -0.4 is 10.2 Å². The van der Waals surface area contributed by atoms with Crippen LogP contribution in [0.5, 0.6) is 0 Å². The normalized spacial score (nSPS) is 20.2. The lowest BCUT2D eigenvalue weighted by atomic mass is 10.00. The van der Waals surface area contributed by atoms with Crippen molar-refractivity contribution in [2.75, 3.05) is 18.5 Å². The Hall–Kier alpha value is -3.40. The average molecular weight is 381 g/mol. The molecule has 10 heteroatoms. The number of nitrogens with one attached hydrogen (secondary N) is 1. The molecule has 2 aliphatic rings. The highest BCUT2D eigenvalue weighted by atomic mass is 19.1. The summed E-state index contributed by atoms with van der Waals surface area (Å²) in [6, 6.07) is 6.56. The van der Waals surface area contributed by atoms with Crippen molar-refractivity contribution in [3.63, 3.8) is 0 Å². The summed E-state index contributed by atoms with van der Waals surface area (Å²) >= 11 is 0. The molecular weight excluding hydrogens is 365 g/mol. The second-order valence-electron chi connectivity index (χ2n) is 6.74. The summed E-state index contributed by atoms with van der Waals surface area (Å²) in [5.74, 6) is 0.120. The van der Waals surface area contributed by atoms with Gasteiger partial charge in [0.1, 0.15) is 18.2 Å². The Kier molecular flexibility index (Phi) is 3.79. The zero-order chi connectivity index (χ0) is 19.3. The monoisotopic (exact) mass is 381 g/mol. The SMILES string of the molecule is CNCC1OC(=O)N2c3cc(F)c(-c4ccc(-n5cnnn5)nc4)cc3C[C@@H]12. The molecule has 0 radical (unpaired) electrons. The zero-order valence-corrected chi connectivity index (χ0v) is 14.9. The third-order valence-electron chi connectivity index (χ3n) is 5.11. The summed E-state index contributed by atoms with van der Waals surface area (Å²) in [5, 5.41) is 14.0. The van der Waals surface area contributed by atoms with Crippen molar-refractivity contribution < 1.29 is 13.9 Å². The summed E-state index contributed by atoms with van der Waals surface area (Å²) in [6.07, 6.45) is 2.95. The predicted molar refractivity (Wildman–Crippen MR) is 96.5 cm³/mol. The maximum atomic E-state index is 14.9. The number of halogens is 1. The number of tetrazole rings is 1. The van der Waals surface area contributed by atoms with Gasteiger partial charge < -0.3 is 10.1 Å². The zero-order valence-electron chi connectivity index (χ0n) is 14.9. The van der Waals surface area contributed by atoms with Crippen LogP contribution in [-0.2, 0) is 11.2 Å². The highest BCUT2D eigenvalue weighted by Gasteiger charge is 2.47. The number of ether oxygens (including phenoxy) is 1. The van der Waals surface area contributed by atoms with Crippen molar-refractivity contribution in [3.8, 4) is 16.9 Å². The Morgan fingerprint density at radius 2 is 2.25 bits per heavy atom.